The summed E-state index contributed by atoms with van der Waals surface area (Å²) in [5.74, 6) is 2.35. The fourth-order valence-corrected chi connectivity index (χ4v) is 3.90. The number of aryl methyl sites for hydroxylation is 2. The number of rotatable bonds is 3. The van der Waals surface area contributed by atoms with Crippen molar-refractivity contribution in [3.63, 3.8) is 0 Å². The summed E-state index contributed by atoms with van der Waals surface area (Å²) in [5, 5.41) is 7.17. The second kappa shape index (κ2) is 6.46. The number of likely N-dealkylation sites (tertiary alicyclic amines) is 1. The van der Waals surface area contributed by atoms with Gasteiger partial charge in [-0.1, -0.05) is 5.16 Å². The number of nitrogens with zero attached hydrogens (tertiary/aromatic N) is 4. The Morgan fingerprint density at radius 1 is 1.28 bits per heavy atom. The molecule has 0 spiro atoms. The Morgan fingerprint density at radius 3 is 2.96 bits per heavy atom. The molecule has 132 valence electrons. The molecule has 0 saturated carbocycles. The van der Waals surface area contributed by atoms with Gasteiger partial charge in [-0.25, -0.2) is 9.97 Å². The van der Waals surface area contributed by atoms with Gasteiger partial charge >= 0.3 is 0 Å². The van der Waals surface area contributed by atoms with Crippen LogP contribution in [0.5, 0.6) is 0 Å². The zero-order chi connectivity index (χ0) is 17.4. The van der Waals surface area contributed by atoms with Crippen molar-refractivity contribution < 1.29 is 9.32 Å². The Labute approximate surface area is 146 Å². The highest BCUT2D eigenvalue weighted by molar-refractivity contribution is 5.94. The summed E-state index contributed by atoms with van der Waals surface area (Å²) >= 11 is 0. The molecule has 0 radical (unpaired) electrons. The van der Waals surface area contributed by atoms with E-state index >= 15 is 0 Å². The zero-order valence-electron chi connectivity index (χ0n) is 14.7. The lowest BCUT2D eigenvalue weighted by Crippen LogP contribution is -2.32. The molecule has 1 amide bonds. The predicted octanol–water partition coefficient (Wildman–Crippen LogP) is 2.67. The summed E-state index contributed by atoms with van der Waals surface area (Å²) in [4.78, 5) is 24.0. The van der Waals surface area contributed by atoms with Crippen molar-refractivity contribution in [3.05, 3.63) is 34.6 Å². The lowest BCUT2D eigenvalue weighted by Gasteiger charge is -2.24. The quantitative estimate of drug-likeness (QED) is 0.924. The summed E-state index contributed by atoms with van der Waals surface area (Å²) < 4.78 is 5.43. The number of nitrogens with one attached hydrogen (secondary N) is 1. The molecule has 4 rings (SSSR count). The van der Waals surface area contributed by atoms with Gasteiger partial charge in [-0.2, -0.15) is 0 Å². The smallest absolute Gasteiger partial charge is 0.276 e. The summed E-state index contributed by atoms with van der Waals surface area (Å²) in [6.45, 7) is 2.60. The van der Waals surface area contributed by atoms with Gasteiger partial charge in [0.2, 0.25) is 0 Å². The SMILES string of the molecule is CNc1cc(C2CCCN2C(=O)c2noc3c2CCCC3)nc(C)n1. The van der Waals surface area contributed by atoms with E-state index in [0.717, 1.165) is 67.9 Å². The predicted molar refractivity (Wildman–Crippen MR) is 92.5 cm³/mol. The molecule has 1 fully saturated rings. The number of carbonyl (C=O) groups excluding carboxylic acids is 1. The van der Waals surface area contributed by atoms with Crippen molar-refractivity contribution in [3.8, 4) is 0 Å². The van der Waals surface area contributed by atoms with E-state index in [1.807, 2.05) is 24.9 Å². The first-order chi connectivity index (χ1) is 12.2. The Kier molecular flexibility index (Phi) is 4.15. The van der Waals surface area contributed by atoms with E-state index < -0.39 is 0 Å². The van der Waals surface area contributed by atoms with Crippen LogP contribution in [0, 0.1) is 6.92 Å². The molecule has 3 heterocycles. The molecule has 1 unspecified atom stereocenters. The van der Waals surface area contributed by atoms with Crippen molar-refractivity contribution in [1.82, 2.24) is 20.0 Å². The van der Waals surface area contributed by atoms with Crippen LogP contribution in [-0.4, -0.2) is 39.5 Å². The van der Waals surface area contributed by atoms with Gasteiger partial charge in [-0.3, -0.25) is 4.79 Å². The molecular formula is C18H23N5O2. The monoisotopic (exact) mass is 341 g/mol. The number of anilines is 1. The van der Waals surface area contributed by atoms with Gasteiger partial charge in [0.25, 0.3) is 5.91 Å². The Morgan fingerprint density at radius 2 is 2.12 bits per heavy atom. The third-order valence-electron chi connectivity index (χ3n) is 5.12. The van der Waals surface area contributed by atoms with Crippen LogP contribution in [0.15, 0.2) is 10.6 Å². The molecule has 1 saturated heterocycles. The standard InChI is InChI=1S/C18H23N5O2/c1-11-20-13(10-16(19-2)21-11)14-7-5-9-23(14)18(24)17-12-6-3-4-8-15(12)25-22-17/h10,14H,3-9H2,1-2H3,(H,19,20,21). The van der Waals surface area contributed by atoms with Crippen molar-refractivity contribution >= 4 is 11.7 Å². The van der Waals surface area contributed by atoms with Crippen molar-refractivity contribution in [2.24, 2.45) is 0 Å². The largest absolute Gasteiger partial charge is 0.373 e. The van der Waals surface area contributed by atoms with E-state index in [-0.39, 0.29) is 11.9 Å². The number of amides is 1. The maximum absolute atomic E-state index is 13.1. The second-order valence-electron chi connectivity index (χ2n) is 6.77. The second-order valence-corrected chi connectivity index (χ2v) is 6.77. The molecule has 2 aliphatic rings. The van der Waals surface area contributed by atoms with Crippen LogP contribution in [-0.2, 0) is 12.8 Å². The molecule has 1 aliphatic heterocycles. The van der Waals surface area contributed by atoms with Crippen LogP contribution in [0.25, 0.3) is 0 Å². The first-order valence-corrected chi connectivity index (χ1v) is 8.99. The molecule has 1 N–H and O–H groups in total. The molecule has 7 nitrogen and oxygen atoms in total. The number of hydrogen-bond acceptors (Lipinski definition) is 6. The summed E-state index contributed by atoms with van der Waals surface area (Å²) in [6, 6.07) is 1.90. The average Bonchev–Trinajstić information content (AvgIpc) is 3.27. The minimum Gasteiger partial charge on any atom is -0.373 e. The van der Waals surface area contributed by atoms with E-state index in [1.165, 1.54) is 0 Å². The van der Waals surface area contributed by atoms with Crippen molar-refractivity contribution in [1.29, 1.82) is 0 Å². The highest BCUT2D eigenvalue weighted by atomic mass is 16.5. The number of fused-ring (bicyclic) bond motifs is 1. The Hall–Kier alpha value is -2.44. The average molecular weight is 341 g/mol. The topological polar surface area (TPSA) is 84.2 Å². The number of hydrogen-bond donors (Lipinski definition) is 1. The first kappa shape index (κ1) is 16.1. The van der Waals surface area contributed by atoms with Crippen molar-refractivity contribution in [2.75, 3.05) is 18.9 Å². The minimum atomic E-state index is -0.0309. The Balaban J connectivity index is 1.64. The van der Waals surface area contributed by atoms with Crippen LogP contribution < -0.4 is 5.32 Å². The molecule has 0 bridgehead atoms. The van der Waals surface area contributed by atoms with E-state index in [0.29, 0.717) is 11.5 Å². The molecule has 7 heteroatoms. The Bertz CT molecular complexity index is 801. The van der Waals surface area contributed by atoms with Gasteiger partial charge in [0.15, 0.2) is 5.69 Å². The fraction of sp³-hybridized carbons (Fsp3) is 0.556. The normalized spacial score (nSPS) is 19.8. The third kappa shape index (κ3) is 2.88. The number of carbonyl (C=O) groups is 1. The van der Waals surface area contributed by atoms with Crippen LogP contribution >= 0.6 is 0 Å². The molecule has 0 aromatic carbocycles. The van der Waals surface area contributed by atoms with E-state index in [1.54, 1.807) is 0 Å². The van der Waals surface area contributed by atoms with Gasteiger partial charge in [-0.15, -0.1) is 0 Å². The third-order valence-corrected chi connectivity index (χ3v) is 5.12. The number of aromatic nitrogens is 3. The van der Waals surface area contributed by atoms with Gasteiger partial charge in [0, 0.05) is 31.6 Å². The van der Waals surface area contributed by atoms with Gasteiger partial charge < -0.3 is 14.7 Å². The molecule has 2 aromatic rings. The zero-order valence-corrected chi connectivity index (χ0v) is 14.7. The van der Waals surface area contributed by atoms with Crippen molar-refractivity contribution in [2.45, 2.75) is 51.5 Å². The fourth-order valence-electron chi connectivity index (χ4n) is 3.90. The van der Waals surface area contributed by atoms with E-state index in [9.17, 15) is 4.79 Å². The van der Waals surface area contributed by atoms with Crippen LogP contribution in [0.4, 0.5) is 5.82 Å². The van der Waals surface area contributed by atoms with Crippen LogP contribution in [0.2, 0.25) is 0 Å². The summed E-state index contributed by atoms with van der Waals surface area (Å²) in [6.07, 6.45) is 5.84. The van der Waals surface area contributed by atoms with E-state index in [2.05, 4.69) is 20.4 Å². The minimum absolute atomic E-state index is 0.0303. The maximum Gasteiger partial charge on any atom is 0.276 e. The van der Waals surface area contributed by atoms with Crippen LogP contribution in [0.1, 0.15) is 65.1 Å². The molecule has 1 aliphatic carbocycles. The maximum atomic E-state index is 13.1. The molecule has 1 atom stereocenters. The molecular weight excluding hydrogens is 318 g/mol. The highest BCUT2D eigenvalue weighted by Crippen LogP contribution is 2.34. The van der Waals surface area contributed by atoms with Gasteiger partial charge in [0.1, 0.15) is 17.4 Å². The first-order valence-electron chi connectivity index (χ1n) is 8.99. The van der Waals surface area contributed by atoms with Crippen LogP contribution in [0.3, 0.4) is 0 Å². The van der Waals surface area contributed by atoms with E-state index in [4.69, 9.17) is 4.52 Å². The van der Waals surface area contributed by atoms with Gasteiger partial charge in [0.05, 0.1) is 11.7 Å². The molecule has 2 aromatic heterocycles. The molecule has 25 heavy (non-hydrogen) atoms. The summed E-state index contributed by atoms with van der Waals surface area (Å²) in [7, 11) is 1.84. The lowest BCUT2D eigenvalue weighted by molar-refractivity contribution is 0.0721. The summed E-state index contributed by atoms with van der Waals surface area (Å²) in [5.41, 5.74) is 2.40. The lowest BCUT2D eigenvalue weighted by atomic mass is 9.96. The highest BCUT2D eigenvalue weighted by Gasteiger charge is 2.35. The van der Waals surface area contributed by atoms with Gasteiger partial charge in [-0.05, 0) is 39.0 Å².